The molecular weight excluding hydrogens is 234 g/mol. The average Bonchev–Trinajstić information content (AvgIpc) is 2.73. The summed E-state index contributed by atoms with van der Waals surface area (Å²) >= 11 is 1.30. The van der Waals surface area contributed by atoms with Crippen molar-refractivity contribution in [2.75, 3.05) is 11.4 Å². The minimum Gasteiger partial charge on any atom is -0.477 e. The molecule has 0 aliphatic heterocycles. The first kappa shape index (κ1) is 14.0. The molecule has 1 rings (SSSR count). The minimum atomic E-state index is -0.835. The highest BCUT2D eigenvalue weighted by molar-refractivity contribution is 7.12. The fraction of sp³-hybridized carbons (Fsp3) is 0.615. The van der Waals surface area contributed by atoms with E-state index in [9.17, 15) is 4.79 Å². The molecule has 0 aliphatic rings. The lowest BCUT2D eigenvalue weighted by Gasteiger charge is -2.27. The molecule has 0 spiro atoms. The van der Waals surface area contributed by atoms with Crippen LogP contribution in [-0.4, -0.2) is 23.7 Å². The van der Waals surface area contributed by atoms with Gasteiger partial charge < -0.3 is 10.0 Å². The first-order chi connectivity index (χ1) is 8.06. The molecule has 17 heavy (non-hydrogen) atoms. The Hall–Kier alpha value is -1.03. The van der Waals surface area contributed by atoms with Crippen LogP contribution in [0.3, 0.4) is 0 Å². The van der Waals surface area contributed by atoms with Crippen molar-refractivity contribution in [3.63, 3.8) is 0 Å². The summed E-state index contributed by atoms with van der Waals surface area (Å²) < 4.78 is 0. The Bertz CT molecular complexity index is 360. The van der Waals surface area contributed by atoms with Gasteiger partial charge in [-0.3, -0.25) is 0 Å². The quantitative estimate of drug-likeness (QED) is 0.752. The summed E-state index contributed by atoms with van der Waals surface area (Å²) in [6.45, 7) is 7.47. The summed E-state index contributed by atoms with van der Waals surface area (Å²) in [4.78, 5) is 13.6. The van der Waals surface area contributed by atoms with Gasteiger partial charge in [0.15, 0.2) is 0 Å². The number of anilines is 1. The maximum absolute atomic E-state index is 10.9. The second kappa shape index (κ2) is 6.64. The van der Waals surface area contributed by atoms with Crippen molar-refractivity contribution in [1.29, 1.82) is 0 Å². The monoisotopic (exact) mass is 255 g/mol. The molecule has 0 unspecified atom stereocenters. The van der Waals surface area contributed by atoms with Crippen LogP contribution in [0.2, 0.25) is 0 Å². The van der Waals surface area contributed by atoms with Crippen LogP contribution in [-0.2, 0) is 0 Å². The maximum Gasteiger partial charge on any atom is 0.345 e. The average molecular weight is 255 g/mol. The van der Waals surface area contributed by atoms with E-state index in [-0.39, 0.29) is 0 Å². The minimum absolute atomic E-state index is 0.406. The van der Waals surface area contributed by atoms with Crippen LogP contribution in [0.25, 0.3) is 0 Å². The number of hydrogen-bond acceptors (Lipinski definition) is 3. The molecule has 1 N–H and O–H groups in total. The van der Waals surface area contributed by atoms with E-state index in [1.54, 1.807) is 6.07 Å². The molecule has 0 aromatic carbocycles. The van der Waals surface area contributed by atoms with Gasteiger partial charge in [-0.1, -0.05) is 19.8 Å². The lowest BCUT2D eigenvalue weighted by atomic mass is 10.2. The second-order valence-corrected chi connectivity index (χ2v) is 5.38. The molecule has 0 saturated carbocycles. The molecule has 0 aliphatic carbocycles. The predicted octanol–water partition coefficient (Wildman–Crippen LogP) is 3.85. The van der Waals surface area contributed by atoms with Gasteiger partial charge in [-0.05, 0) is 26.3 Å². The van der Waals surface area contributed by atoms with Crippen LogP contribution in [0, 0.1) is 0 Å². The summed E-state index contributed by atoms with van der Waals surface area (Å²) in [5.41, 5.74) is 1.04. The molecule has 96 valence electrons. The van der Waals surface area contributed by atoms with Crippen molar-refractivity contribution >= 4 is 23.0 Å². The van der Waals surface area contributed by atoms with Crippen molar-refractivity contribution in [1.82, 2.24) is 0 Å². The van der Waals surface area contributed by atoms with E-state index in [0.717, 1.165) is 18.7 Å². The van der Waals surface area contributed by atoms with E-state index in [2.05, 4.69) is 25.7 Å². The number of hydrogen-bond donors (Lipinski definition) is 1. The van der Waals surface area contributed by atoms with Gasteiger partial charge in [-0.2, -0.15) is 0 Å². The van der Waals surface area contributed by atoms with Crippen LogP contribution in [0.15, 0.2) is 11.4 Å². The van der Waals surface area contributed by atoms with Gasteiger partial charge in [0, 0.05) is 23.7 Å². The zero-order valence-corrected chi connectivity index (χ0v) is 11.6. The summed E-state index contributed by atoms with van der Waals surface area (Å²) in [6, 6.07) is 2.18. The van der Waals surface area contributed by atoms with Gasteiger partial charge in [-0.15, -0.1) is 11.3 Å². The molecule has 4 heteroatoms. The third kappa shape index (κ3) is 4.04. The van der Waals surface area contributed by atoms with Gasteiger partial charge in [-0.25, -0.2) is 4.79 Å². The number of rotatable bonds is 7. The molecular formula is C13H21NO2S. The van der Waals surface area contributed by atoms with Crippen LogP contribution in [0.1, 0.15) is 49.7 Å². The Morgan fingerprint density at radius 2 is 2.18 bits per heavy atom. The Morgan fingerprint density at radius 1 is 1.47 bits per heavy atom. The fourth-order valence-electron chi connectivity index (χ4n) is 1.81. The van der Waals surface area contributed by atoms with E-state index in [1.807, 2.05) is 5.38 Å². The molecule has 0 radical (unpaired) electrons. The van der Waals surface area contributed by atoms with Crippen molar-refractivity contribution in [2.45, 2.75) is 46.1 Å². The highest BCUT2D eigenvalue weighted by atomic mass is 32.1. The van der Waals surface area contributed by atoms with Gasteiger partial charge in [0.25, 0.3) is 0 Å². The summed E-state index contributed by atoms with van der Waals surface area (Å²) in [6.07, 6.45) is 3.59. The number of unbranched alkanes of at least 4 members (excludes halogenated alkanes) is 2. The molecule has 1 aromatic rings. The standard InChI is InChI=1S/C13H21NO2S/c1-4-5-6-7-14(10(2)3)11-8-12(13(15)16)17-9-11/h8-10H,4-7H2,1-3H3,(H,15,16). The van der Waals surface area contributed by atoms with E-state index >= 15 is 0 Å². The molecule has 0 amide bonds. The van der Waals surface area contributed by atoms with Crippen LogP contribution in [0.4, 0.5) is 5.69 Å². The molecule has 0 fully saturated rings. The van der Waals surface area contributed by atoms with Crippen molar-refractivity contribution < 1.29 is 9.90 Å². The molecule has 3 nitrogen and oxygen atoms in total. The van der Waals surface area contributed by atoms with E-state index in [1.165, 1.54) is 24.2 Å². The third-order valence-corrected chi connectivity index (χ3v) is 3.66. The lowest BCUT2D eigenvalue weighted by molar-refractivity contribution is 0.0702. The Balaban J connectivity index is 2.71. The number of thiophene rings is 1. The zero-order valence-electron chi connectivity index (χ0n) is 10.8. The van der Waals surface area contributed by atoms with Gasteiger partial charge in [0.05, 0.1) is 0 Å². The highest BCUT2D eigenvalue weighted by Gasteiger charge is 2.14. The first-order valence-corrected chi connectivity index (χ1v) is 7.02. The summed E-state index contributed by atoms with van der Waals surface area (Å²) in [5, 5.41) is 10.9. The number of aromatic carboxylic acids is 1. The first-order valence-electron chi connectivity index (χ1n) is 6.14. The van der Waals surface area contributed by atoms with Crippen LogP contribution >= 0.6 is 11.3 Å². The largest absolute Gasteiger partial charge is 0.477 e. The topological polar surface area (TPSA) is 40.5 Å². The van der Waals surface area contributed by atoms with Crippen molar-refractivity contribution in [3.8, 4) is 0 Å². The number of nitrogens with zero attached hydrogens (tertiary/aromatic N) is 1. The SMILES string of the molecule is CCCCCN(c1csc(C(=O)O)c1)C(C)C. The molecule has 0 saturated heterocycles. The number of carboxylic acid groups (broad SMARTS) is 1. The summed E-state index contributed by atoms with van der Waals surface area (Å²) in [5.74, 6) is -0.835. The third-order valence-electron chi connectivity index (χ3n) is 2.75. The van der Waals surface area contributed by atoms with Gasteiger partial charge in [0.1, 0.15) is 4.88 Å². The van der Waals surface area contributed by atoms with Gasteiger partial charge in [0.2, 0.25) is 0 Å². The highest BCUT2D eigenvalue weighted by Crippen LogP contribution is 2.25. The Kier molecular flexibility index (Phi) is 5.48. The van der Waals surface area contributed by atoms with E-state index < -0.39 is 5.97 Å². The second-order valence-electron chi connectivity index (χ2n) is 4.47. The smallest absolute Gasteiger partial charge is 0.345 e. The normalized spacial score (nSPS) is 10.8. The van der Waals surface area contributed by atoms with Crippen molar-refractivity contribution in [3.05, 3.63) is 16.3 Å². The van der Waals surface area contributed by atoms with E-state index in [0.29, 0.717) is 10.9 Å². The molecule has 1 aromatic heterocycles. The molecule has 1 heterocycles. The van der Waals surface area contributed by atoms with Crippen LogP contribution in [0.5, 0.6) is 0 Å². The maximum atomic E-state index is 10.9. The molecule has 0 atom stereocenters. The zero-order chi connectivity index (χ0) is 12.8. The molecule has 0 bridgehead atoms. The van der Waals surface area contributed by atoms with E-state index in [4.69, 9.17) is 5.11 Å². The number of carbonyl (C=O) groups is 1. The fourth-order valence-corrected chi connectivity index (χ4v) is 2.55. The summed E-state index contributed by atoms with van der Waals surface area (Å²) in [7, 11) is 0. The predicted molar refractivity (Wildman–Crippen MR) is 73.3 cm³/mol. The van der Waals surface area contributed by atoms with Gasteiger partial charge >= 0.3 is 5.97 Å². The lowest BCUT2D eigenvalue weighted by Crippen LogP contribution is -2.31. The Morgan fingerprint density at radius 3 is 2.65 bits per heavy atom. The van der Waals surface area contributed by atoms with Crippen LogP contribution < -0.4 is 4.90 Å². The van der Waals surface area contributed by atoms with Crippen molar-refractivity contribution in [2.24, 2.45) is 0 Å². The Labute approximate surface area is 107 Å². The number of carboxylic acids is 1.